The van der Waals surface area contributed by atoms with Gasteiger partial charge in [-0.2, -0.15) is 17.9 Å². The Kier molecular flexibility index (Phi) is 9.23. The van der Waals surface area contributed by atoms with Crippen molar-refractivity contribution in [2.45, 2.75) is 58.2 Å². The van der Waals surface area contributed by atoms with Gasteiger partial charge in [-0.3, -0.25) is 14.5 Å². The number of likely N-dealkylation sites (tertiary alicyclic amines) is 2. The van der Waals surface area contributed by atoms with Gasteiger partial charge in [-0.1, -0.05) is 66.7 Å². The summed E-state index contributed by atoms with van der Waals surface area (Å²) in [5.74, 6) is -2.80. The van der Waals surface area contributed by atoms with Crippen LogP contribution in [0.5, 0.6) is 0 Å². The number of nitrogens with zero attached hydrogens (tertiary/aromatic N) is 3. The summed E-state index contributed by atoms with van der Waals surface area (Å²) in [6.45, 7) is 6.53. The smallest absolute Gasteiger partial charge is 0.337 e. The summed E-state index contributed by atoms with van der Waals surface area (Å²) in [6.07, 6.45) is -2.61. The molecule has 4 aromatic rings. The summed E-state index contributed by atoms with van der Waals surface area (Å²) in [6, 6.07) is 22.0. The molecule has 0 radical (unpaired) electrons. The molecule has 1 aromatic heterocycles. The zero-order valence-corrected chi connectivity index (χ0v) is 26.6. The minimum Gasteiger partial charge on any atom is -0.337 e. The molecule has 2 aliphatic rings. The fourth-order valence-corrected chi connectivity index (χ4v) is 7.29. The Balaban J connectivity index is 1.28. The molecule has 0 saturated carbocycles. The first-order chi connectivity index (χ1) is 22.5. The number of halogens is 3. The van der Waals surface area contributed by atoms with Crippen LogP contribution in [0.1, 0.15) is 74.7 Å². The minimum atomic E-state index is -5.25. The molecule has 7 nitrogen and oxygen atoms in total. The first-order valence-electron chi connectivity index (χ1n) is 16.1. The van der Waals surface area contributed by atoms with Crippen LogP contribution in [0.25, 0.3) is 10.9 Å². The monoisotopic (exact) mass is 645 g/mol. The van der Waals surface area contributed by atoms with Crippen molar-refractivity contribution in [3.8, 4) is 0 Å². The van der Waals surface area contributed by atoms with E-state index in [2.05, 4.69) is 36.9 Å². The maximum Gasteiger partial charge on any atom is 0.493 e. The van der Waals surface area contributed by atoms with E-state index in [1.54, 1.807) is 53.4 Å². The predicted octanol–water partition coefficient (Wildman–Crippen LogP) is 6.89. The molecule has 0 bridgehead atoms. The molecular weight excluding hydrogens is 607 g/mol. The first-order valence-corrected chi connectivity index (χ1v) is 16.1. The van der Waals surface area contributed by atoms with Crippen molar-refractivity contribution >= 4 is 28.6 Å². The van der Waals surface area contributed by atoms with E-state index in [1.807, 2.05) is 6.07 Å². The van der Waals surface area contributed by atoms with Crippen LogP contribution in [0.2, 0.25) is 0 Å². The number of Topliss-reactive ketones (excluding diaryl/α,β-unsaturated/α-hetero) is 1. The number of amides is 1. The molecule has 2 saturated heterocycles. The summed E-state index contributed by atoms with van der Waals surface area (Å²) in [4.78, 5) is 48.2. The molecule has 1 amide bonds. The number of piperidine rings is 2. The van der Waals surface area contributed by atoms with Gasteiger partial charge in [-0.05, 0) is 81.3 Å². The third kappa shape index (κ3) is 6.70. The van der Waals surface area contributed by atoms with Gasteiger partial charge in [0, 0.05) is 42.1 Å². The van der Waals surface area contributed by atoms with Crippen molar-refractivity contribution in [3.05, 3.63) is 106 Å². The van der Waals surface area contributed by atoms with Gasteiger partial charge in [0.05, 0.1) is 5.52 Å². The van der Waals surface area contributed by atoms with Crippen molar-refractivity contribution in [2.24, 2.45) is 5.92 Å². The summed E-state index contributed by atoms with van der Waals surface area (Å²) in [5.41, 5.74) is 5.15. The zero-order chi connectivity index (χ0) is 33.3. The Morgan fingerprint density at radius 2 is 1.40 bits per heavy atom. The van der Waals surface area contributed by atoms with Crippen LogP contribution in [-0.2, 0) is 11.3 Å². The maximum atomic E-state index is 14.3. The minimum absolute atomic E-state index is 0.0101. The molecule has 2 aliphatic heterocycles. The molecule has 3 heterocycles. The number of hydrogen-bond donors (Lipinski definition) is 0. The molecule has 0 unspecified atom stereocenters. The summed E-state index contributed by atoms with van der Waals surface area (Å²) >= 11 is 0. The molecule has 2 fully saturated rings. The number of benzene rings is 3. The van der Waals surface area contributed by atoms with E-state index < -0.39 is 18.1 Å². The Hall–Kier alpha value is -4.44. The van der Waals surface area contributed by atoms with E-state index in [4.69, 9.17) is 4.84 Å². The van der Waals surface area contributed by atoms with Gasteiger partial charge in [0.15, 0.2) is 11.5 Å². The highest BCUT2D eigenvalue weighted by atomic mass is 19.4. The molecule has 0 N–H and O–H groups in total. The van der Waals surface area contributed by atoms with Crippen LogP contribution in [-0.4, -0.2) is 64.5 Å². The summed E-state index contributed by atoms with van der Waals surface area (Å²) < 4.78 is 41.2. The average molecular weight is 646 g/mol. The largest absolute Gasteiger partial charge is 0.493 e. The molecule has 246 valence electrons. The third-order valence-corrected chi connectivity index (χ3v) is 9.68. The maximum absolute atomic E-state index is 14.3. The summed E-state index contributed by atoms with van der Waals surface area (Å²) in [5, 5.41) is 0.553. The molecule has 3 aromatic carbocycles. The molecule has 0 aliphatic carbocycles. The third-order valence-electron chi connectivity index (χ3n) is 9.68. The lowest BCUT2D eigenvalue weighted by Gasteiger charge is -2.34. The van der Waals surface area contributed by atoms with Gasteiger partial charge in [-0.15, -0.1) is 0 Å². The van der Waals surface area contributed by atoms with Gasteiger partial charge >= 0.3 is 12.1 Å². The number of aromatic nitrogens is 1. The highest BCUT2D eigenvalue weighted by Gasteiger charge is 2.43. The fraction of sp³-hybridized carbons (Fsp3) is 0.378. The SMILES string of the molecule is Cc1cccc(C)c1C1CCN(Cc2c(C(=O)N3CCC(C(=O)c4ccccc4)CC3)n(OC(=O)C(F)(F)F)c3ccccc23)CC1. The Morgan fingerprint density at radius 1 is 0.787 bits per heavy atom. The van der Waals surface area contributed by atoms with Gasteiger partial charge in [0.1, 0.15) is 0 Å². The van der Waals surface area contributed by atoms with E-state index in [0.29, 0.717) is 41.8 Å². The van der Waals surface area contributed by atoms with Crippen LogP contribution < -0.4 is 4.84 Å². The first kappa shape index (κ1) is 32.5. The Morgan fingerprint density at radius 3 is 2.04 bits per heavy atom. The van der Waals surface area contributed by atoms with Crippen LogP contribution in [0.15, 0.2) is 72.8 Å². The number of hydrogen-bond acceptors (Lipinski definition) is 5. The van der Waals surface area contributed by atoms with Gasteiger partial charge in [0.2, 0.25) is 0 Å². The van der Waals surface area contributed by atoms with Crippen LogP contribution in [0.3, 0.4) is 0 Å². The predicted molar refractivity (Wildman–Crippen MR) is 172 cm³/mol. The van der Waals surface area contributed by atoms with E-state index in [9.17, 15) is 27.6 Å². The molecule has 0 spiro atoms. The highest BCUT2D eigenvalue weighted by Crippen LogP contribution is 2.35. The van der Waals surface area contributed by atoms with Crippen LogP contribution in [0, 0.1) is 19.8 Å². The number of carbonyl (C=O) groups is 3. The number of alkyl halides is 3. The number of aryl methyl sites for hydroxylation is 2. The molecule has 47 heavy (non-hydrogen) atoms. The van der Waals surface area contributed by atoms with Crippen molar-refractivity contribution in [1.29, 1.82) is 0 Å². The number of rotatable bonds is 7. The van der Waals surface area contributed by atoms with Crippen molar-refractivity contribution in [1.82, 2.24) is 14.5 Å². The molecular formula is C37H38F3N3O4. The van der Waals surface area contributed by atoms with Crippen LogP contribution in [0.4, 0.5) is 13.2 Å². The van der Waals surface area contributed by atoms with Crippen molar-refractivity contribution in [3.63, 3.8) is 0 Å². The van der Waals surface area contributed by atoms with E-state index in [1.165, 1.54) is 16.7 Å². The number of ketones is 1. The Bertz CT molecular complexity index is 1760. The number of carbonyl (C=O) groups excluding carboxylic acids is 3. The van der Waals surface area contributed by atoms with Gasteiger partial charge < -0.3 is 9.74 Å². The van der Waals surface area contributed by atoms with Gasteiger partial charge in [-0.25, -0.2) is 4.79 Å². The van der Waals surface area contributed by atoms with Crippen molar-refractivity contribution < 1.29 is 32.4 Å². The van der Waals surface area contributed by atoms with Crippen LogP contribution >= 0.6 is 0 Å². The second-order valence-electron chi connectivity index (χ2n) is 12.7. The standard InChI is InChI=1S/C37H38F3N3O4/c1-24-9-8-10-25(2)32(24)26-15-19-41(20-16-26)23-30-29-13-6-7-14-31(29)43(47-36(46)37(38,39)40)33(30)35(45)42-21-17-28(18-22-42)34(44)27-11-4-3-5-12-27/h3-14,26,28H,15-23H2,1-2H3. The number of para-hydroxylation sites is 1. The van der Waals surface area contributed by atoms with Crippen molar-refractivity contribution in [2.75, 3.05) is 26.2 Å². The lowest BCUT2D eigenvalue weighted by Crippen LogP contribution is -2.43. The lowest BCUT2D eigenvalue weighted by atomic mass is 9.84. The normalized spacial score (nSPS) is 16.8. The molecule has 10 heteroatoms. The topological polar surface area (TPSA) is 71.8 Å². The molecule has 6 rings (SSSR count). The second-order valence-corrected chi connectivity index (χ2v) is 12.7. The van der Waals surface area contributed by atoms with E-state index in [0.717, 1.165) is 30.7 Å². The Labute approximate surface area is 271 Å². The lowest BCUT2D eigenvalue weighted by molar-refractivity contribution is -0.199. The van der Waals surface area contributed by atoms with E-state index in [-0.39, 0.29) is 36.0 Å². The second kappa shape index (κ2) is 13.4. The fourth-order valence-electron chi connectivity index (χ4n) is 7.29. The highest BCUT2D eigenvalue weighted by molar-refractivity contribution is 6.02. The average Bonchev–Trinajstić information content (AvgIpc) is 3.37. The van der Waals surface area contributed by atoms with Gasteiger partial charge in [0.25, 0.3) is 5.91 Å². The number of fused-ring (bicyclic) bond motifs is 1. The summed E-state index contributed by atoms with van der Waals surface area (Å²) in [7, 11) is 0. The zero-order valence-electron chi connectivity index (χ0n) is 26.6. The molecule has 0 atom stereocenters. The quantitative estimate of drug-likeness (QED) is 0.205. The van der Waals surface area contributed by atoms with E-state index >= 15 is 0 Å².